The maximum atomic E-state index is 11.3. The number of carboxylic acids is 1. The van der Waals surface area contributed by atoms with E-state index in [-0.39, 0.29) is 18.6 Å². The number of ketones is 1. The molecule has 0 aliphatic rings. The Kier molecular flexibility index (Phi) is 3.89. The van der Waals surface area contributed by atoms with Crippen LogP contribution in [-0.2, 0) is 9.59 Å². The summed E-state index contributed by atoms with van der Waals surface area (Å²) >= 11 is 0. The molecule has 0 amide bonds. The zero-order valence-corrected chi connectivity index (χ0v) is 7.68. The van der Waals surface area contributed by atoms with Crippen molar-refractivity contribution in [3.8, 4) is 0 Å². The molecule has 0 saturated carbocycles. The Bertz CT molecular complexity index is 185. The van der Waals surface area contributed by atoms with Gasteiger partial charge in [0.15, 0.2) is 11.3 Å². The van der Waals surface area contributed by atoms with Gasteiger partial charge < -0.3 is 5.11 Å². The van der Waals surface area contributed by atoms with Gasteiger partial charge in [0.1, 0.15) is 0 Å². The van der Waals surface area contributed by atoms with Crippen LogP contribution in [0.5, 0.6) is 0 Å². The van der Waals surface area contributed by atoms with Gasteiger partial charge in [-0.1, -0.05) is 13.8 Å². The van der Waals surface area contributed by atoms with Gasteiger partial charge in [0, 0.05) is 6.42 Å². The molecule has 4 nitrogen and oxygen atoms in total. The van der Waals surface area contributed by atoms with Crippen molar-refractivity contribution in [1.82, 2.24) is 5.32 Å². The highest BCUT2D eigenvalue weighted by atomic mass is 16.4. The van der Waals surface area contributed by atoms with E-state index < -0.39 is 11.5 Å². The molecular formula is C8H15NO3. The smallest absolute Gasteiger partial charge is 0.331 e. The normalized spacial score (nSPS) is 15.2. The minimum atomic E-state index is -1.38. The van der Waals surface area contributed by atoms with E-state index in [1.54, 1.807) is 13.8 Å². The molecule has 2 N–H and O–H groups in total. The first-order chi connectivity index (χ1) is 5.55. The fraction of sp³-hybridized carbons (Fsp3) is 0.750. The molecule has 0 heterocycles. The molecule has 0 aliphatic heterocycles. The number of Topliss-reactive ketones (excluding diaryl/α,β-unsaturated/α-hetero) is 1. The number of aliphatic carboxylic acids is 1. The molecule has 4 heteroatoms. The maximum absolute atomic E-state index is 11.3. The van der Waals surface area contributed by atoms with E-state index in [4.69, 9.17) is 5.11 Å². The summed E-state index contributed by atoms with van der Waals surface area (Å²) in [6.07, 6.45) is 0.506. The molecule has 0 rings (SSSR count). The minimum absolute atomic E-state index is 0.237. The second-order valence-corrected chi connectivity index (χ2v) is 2.59. The van der Waals surface area contributed by atoms with Crippen molar-refractivity contribution < 1.29 is 14.7 Å². The van der Waals surface area contributed by atoms with Crippen molar-refractivity contribution in [2.24, 2.45) is 0 Å². The van der Waals surface area contributed by atoms with Crippen LogP contribution in [0.1, 0.15) is 26.7 Å². The molecule has 0 aromatic heterocycles. The van der Waals surface area contributed by atoms with Crippen LogP contribution < -0.4 is 5.32 Å². The third kappa shape index (κ3) is 1.64. The Balaban J connectivity index is 4.82. The number of hydrogen-bond donors (Lipinski definition) is 2. The molecule has 0 bridgehead atoms. The molecule has 0 radical (unpaired) electrons. The van der Waals surface area contributed by atoms with Crippen LogP contribution >= 0.6 is 0 Å². The molecule has 0 aliphatic carbocycles. The lowest BCUT2D eigenvalue weighted by molar-refractivity contribution is -0.150. The van der Waals surface area contributed by atoms with Gasteiger partial charge >= 0.3 is 5.97 Å². The van der Waals surface area contributed by atoms with Crippen LogP contribution in [0.3, 0.4) is 0 Å². The summed E-state index contributed by atoms with van der Waals surface area (Å²) in [6.45, 7) is 3.34. The molecule has 0 aromatic carbocycles. The zero-order valence-electron chi connectivity index (χ0n) is 7.68. The standard InChI is InChI=1S/C8H15NO3/c1-4-6(10)8(5-2,9-3)7(11)12/h9H,4-5H2,1-3H3,(H,11,12). The van der Waals surface area contributed by atoms with Crippen LogP contribution in [0.2, 0.25) is 0 Å². The van der Waals surface area contributed by atoms with Crippen LogP contribution in [0.25, 0.3) is 0 Å². The van der Waals surface area contributed by atoms with Crippen LogP contribution in [0, 0.1) is 0 Å². The Labute approximate surface area is 72.0 Å². The van der Waals surface area contributed by atoms with Crippen molar-refractivity contribution in [2.45, 2.75) is 32.2 Å². The van der Waals surface area contributed by atoms with E-state index >= 15 is 0 Å². The lowest BCUT2D eigenvalue weighted by Crippen LogP contribution is -2.56. The van der Waals surface area contributed by atoms with Crippen LogP contribution in [-0.4, -0.2) is 29.4 Å². The van der Waals surface area contributed by atoms with Gasteiger partial charge in [0.05, 0.1) is 0 Å². The number of carboxylic acid groups (broad SMARTS) is 1. The summed E-state index contributed by atoms with van der Waals surface area (Å²) < 4.78 is 0. The third-order valence-corrected chi connectivity index (χ3v) is 2.12. The topological polar surface area (TPSA) is 66.4 Å². The van der Waals surface area contributed by atoms with E-state index in [0.29, 0.717) is 0 Å². The molecule has 1 atom stereocenters. The lowest BCUT2D eigenvalue weighted by Gasteiger charge is -2.25. The average Bonchev–Trinajstić information content (AvgIpc) is 2.06. The predicted octanol–water partition coefficient (Wildman–Crippen LogP) is 0.418. The highest BCUT2D eigenvalue weighted by Crippen LogP contribution is 2.13. The summed E-state index contributed by atoms with van der Waals surface area (Å²) in [5.41, 5.74) is -1.38. The van der Waals surface area contributed by atoms with Gasteiger partial charge in [-0.25, -0.2) is 4.79 Å². The quantitative estimate of drug-likeness (QED) is 0.591. The molecule has 0 fully saturated rings. The van der Waals surface area contributed by atoms with E-state index in [1.165, 1.54) is 7.05 Å². The SMILES string of the molecule is CCC(=O)C(CC)(NC)C(=O)O. The molecule has 70 valence electrons. The van der Waals surface area contributed by atoms with Crippen LogP contribution in [0.4, 0.5) is 0 Å². The van der Waals surface area contributed by atoms with Crippen molar-refractivity contribution in [3.05, 3.63) is 0 Å². The van der Waals surface area contributed by atoms with Crippen LogP contribution in [0.15, 0.2) is 0 Å². The van der Waals surface area contributed by atoms with Gasteiger partial charge in [-0.15, -0.1) is 0 Å². The number of carbonyl (C=O) groups is 2. The van der Waals surface area contributed by atoms with Gasteiger partial charge in [-0.2, -0.15) is 0 Å². The summed E-state index contributed by atoms with van der Waals surface area (Å²) in [5, 5.41) is 11.4. The van der Waals surface area contributed by atoms with E-state index in [9.17, 15) is 9.59 Å². The number of likely N-dealkylation sites (N-methyl/N-ethyl adjacent to an activating group) is 1. The Morgan fingerprint density at radius 1 is 1.42 bits per heavy atom. The molecule has 1 unspecified atom stereocenters. The van der Waals surface area contributed by atoms with E-state index in [0.717, 1.165) is 0 Å². The fourth-order valence-electron chi connectivity index (χ4n) is 1.19. The highest BCUT2D eigenvalue weighted by molar-refractivity contribution is 6.07. The third-order valence-electron chi connectivity index (χ3n) is 2.12. The lowest BCUT2D eigenvalue weighted by atomic mass is 9.89. The average molecular weight is 173 g/mol. The van der Waals surface area contributed by atoms with Gasteiger partial charge in [0.2, 0.25) is 0 Å². The van der Waals surface area contributed by atoms with Gasteiger partial charge in [-0.3, -0.25) is 10.1 Å². The summed E-state index contributed by atoms with van der Waals surface area (Å²) in [5.74, 6) is -1.38. The van der Waals surface area contributed by atoms with Crippen molar-refractivity contribution in [3.63, 3.8) is 0 Å². The molecule has 0 saturated heterocycles. The summed E-state index contributed by atoms with van der Waals surface area (Å²) in [7, 11) is 1.49. The first-order valence-corrected chi connectivity index (χ1v) is 4.00. The Morgan fingerprint density at radius 3 is 2.00 bits per heavy atom. The molecule has 12 heavy (non-hydrogen) atoms. The van der Waals surface area contributed by atoms with Crippen molar-refractivity contribution >= 4 is 11.8 Å². The van der Waals surface area contributed by atoms with Crippen molar-refractivity contribution in [2.75, 3.05) is 7.05 Å². The molecule has 0 aromatic rings. The Morgan fingerprint density at radius 2 is 1.92 bits per heavy atom. The largest absolute Gasteiger partial charge is 0.480 e. The monoisotopic (exact) mass is 173 g/mol. The number of carbonyl (C=O) groups excluding carboxylic acids is 1. The predicted molar refractivity (Wildman–Crippen MR) is 45.0 cm³/mol. The number of rotatable bonds is 5. The van der Waals surface area contributed by atoms with Gasteiger partial charge in [-0.05, 0) is 13.5 Å². The van der Waals surface area contributed by atoms with Gasteiger partial charge in [0.25, 0.3) is 0 Å². The summed E-state index contributed by atoms with van der Waals surface area (Å²) in [4.78, 5) is 22.1. The number of nitrogens with one attached hydrogen (secondary N) is 1. The maximum Gasteiger partial charge on any atom is 0.331 e. The number of hydrogen-bond acceptors (Lipinski definition) is 3. The second kappa shape index (κ2) is 4.21. The van der Waals surface area contributed by atoms with E-state index in [2.05, 4.69) is 5.32 Å². The highest BCUT2D eigenvalue weighted by Gasteiger charge is 2.41. The first kappa shape index (κ1) is 11.1. The fourth-order valence-corrected chi connectivity index (χ4v) is 1.19. The molecule has 0 spiro atoms. The second-order valence-electron chi connectivity index (χ2n) is 2.59. The first-order valence-electron chi connectivity index (χ1n) is 4.00. The van der Waals surface area contributed by atoms with E-state index in [1.807, 2.05) is 0 Å². The Hall–Kier alpha value is -0.900. The zero-order chi connectivity index (χ0) is 9.78. The van der Waals surface area contributed by atoms with Crippen molar-refractivity contribution in [1.29, 1.82) is 0 Å². The molecular weight excluding hydrogens is 158 g/mol. The summed E-state index contributed by atoms with van der Waals surface area (Å²) in [6, 6.07) is 0. The minimum Gasteiger partial charge on any atom is -0.480 e.